The van der Waals surface area contributed by atoms with E-state index < -0.39 is 0 Å². The summed E-state index contributed by atoms with van der Waals surface area (Å²) in [6, 6.07) is 17.7. The van der Waals surface area contributed by atoms with Gasteiger partial charge in [0.25, 0.3) is 0 Å². The second-order valence-corrected chi connectivity index (χ2v) is 5.27. The number of para-hydroxylation sites is 1. The van der Waals surface area contributed by atoms with Gasteiger partial charge in [-0.25, -0.2) is 0 Å². The summed E-state index contributed by atoms with van der Waals surface area (Å²) in [5.74, 6) is 1.07. The van der Waals surface area contributed by atoms with Crippen molar-refractivity contribution in [2.75, 3.05) is 7.11 Å². The van der Waals surface area contributed by atoms with E-state index in [0.717, 1.165) is 38.6 Å². The van der Waals surface area contributed by atoms with E-state index in [1.165, 1.54) is 0 Å². The highest BCUT2D eigenvalue weighted by Crippen LogP contribution is 2.41. The third kappa shape index (κ3) is 1.76. The average molecular weight is 289 g/mol. The second-order valence-electron chi connectivity index (χ2n) is 5.27. The Kier molecular flexibility index (Phi) is 2.79. The monoisotopic (exact) mass is 289 g/mol. The molecular weight excluding hydrogens is 274 g/mol. The van der Waals surface area contributed by atoms with Gasteiger partial charge in [0.15, 0.2) is 0 Å². The summed E-state index contributed by atoms with van der Waals surface area (Å²) in [5.41, 5.74) is 2.76. The van der Waals surface area contributed by atoms with Crippen LogP contribution in [0, 0.1) is 0 Å². The molecule has 0 saturated heterocycles. The second kappa shape index (κ2) is 4.81. The molecule has 0 spiro atoms. The zero-order chi connectivity index (χ0) is 15.1. The van der Waals surface area contributed by atoms with E-state index in [1.54, 1.807) is 13.2 Å². The van der Waals surface area contributed by atoms with Crippen LogP contribution in [0.4, 0.5) is 0 Å². The van der Waals surface area contributed by atoms with Crippen LogP contribution in [0.3, 0.4) is 0 Å². The molecule has 0 bridgehead atoms. The van der Waals surface area contributed by atoms with Crippen LogP contribution in [0.25, 0.3) is 32.8 Å². The van der Waals surface area contributed by atoms with Crippen LogP contribution in [0.15, 0.2) is 60.8 Å². The predicted octanol–water partition coefficient (Wildman–Crippen LogP) is 4.70. The minimum absolute atomic E-state index is 0.280. The van der Waals surface area contributed by atoms with Crippen LogP contribution in [-0.2, 0) is 0 Å². The van der Waals surface area contributed by atoms with Gasteiger partial charge >= 0.3 is 0 Å². The number of aromatic nitrogens is 1. The lowest BCUT2D eigenvalue weighted by Crippen LogP contribution is -1.84. The van der Waals surface area contributed by atoms with Gasteiger partial charge in [-0.05, 0) is 22.9 Å². The summed E-state index contributed by atoms with van der Waals surface area (Å²) in [6.07, 6.45) is 1.93. The number of rotatable bonds is 2. The predicted molar refractivity (Wildman–Crippen MR) is 89.5 cm³/mol. The van der Waals surface area contributed by atoms with E-state index >= 15 is 0 Å². The summed E-state index contributed by atoms with van der Waals surface area (Å²) in [5, 5.41) is 13.6. The minimum atomic E-state index is 0.280. The first-order valence-corrected chi connectivity index (χ1v) is 7.15. The van der Waals surface area contributed by atoms with Crippen molar-refractivity contribution in [2.24, 2.45) is 0 Å². The van der Waals surface area contributed by atoms with E-state index in [0.29, 0.717) is 0 Å². The number of hydrogen-bond donors (Lipinski definition) is 2. The zero-order valence-corrected chi connectivity index (χ0v) is 12.1. The summed E-state index contributed by atoms with van der Waals surface area (Å²) in [6.45, 7) is 0. The first-order valence-electron chi connectivity index (χ1n) is 7.15. The first kappa shape index (κ1) is 12.8. The van der Waals surface area contributed by atoms with Crippen molar-refractivity contribution in [3.05, 3.63) is 60.8 Å². The molecule has 3 aromatic carbocycles. The topological polar surface area (TPSA) is 45.2 Å². The third-order valence-corrected chi connectivity index (χ3v) is 4.07. The van der Waals surface area contributed by atoms with E-state index in [2.05, 4.69) is 4.98 Å². The van der Waals surface area contributed by atoms with Crippen molar-refractivity contribution >= 4 is 21.7 Å². The lowest BCUT2D eigenvalue weighted by Gasteiger charge is -2.09. The molecule has 1 heterocycles. The van der Waals surface area contributed by atoms with E-state index in [9.17, 15) is 5.11 Å². The molecular formula is C19H15NO2. The smallest absolute Gasteiger partial charge is 0.142 e. The van der Waals surface area contributed by atoms with Gasteiger partial charge in [-0.2, -0.15) is 0 Å². The van der Waals surface area contributed by atoms with Crippen molar-refractivity contribution < 1.29 is 9.84 Å². The van der Waals surface area contributed by atoms with Crippen molar-refractivity contribution in [1.82, 2.24) is 4.98 Å². The van der Waals surface area contributed by atoms with E-state index in [-0.39, 0.29) is 5.75 Å². The highest BCUT2D eigenvalue weighted by atomic mass is 16.5. The number of H-pyrrole nitrogens is 1. The molecule has 22 heavy (non-hydrogen) atoms. The van der Waals surface area contributed by atoms with E-state index in [4.69, 9.17) is 4.74 Å². The summed E-state index contributed by atoms with van der Waals surface area (Å²) < 4.78 is 5.40. The molecule has 0 aliphatic heterocycles. The molecule has 0 aliphatic rings. The van der Waals surface area contributed by atoms with Gasteiger partial charge < -0.3 is 14.8 Å². The number of fused-ring (bicyclic) bond motifs is 2. The Hall–Kier alpha value is -2.94. The number of phenolic OH excluding ortho intramolecular Hbond substituents is 1. The Labute approximate surface area is 127 Å². The maximum absolute atomic E-state index is 10.4. The Balaban J connectivity index is 2.10. The normalized spacial score (nSPS) is 11.1. The molecule has 0 aliphatic carbocycles. The number of ether oxygens (including phenoxy) is 1. The molecule has 0 radical (unpaired) electrons. The third-order valence-electron chi connectivity index (χ3n) is 4.07. The lowest BCUT2D eigenvalue weighted by atomic mass is 9.97. The number of aromatic hydroxyl groups is 1. The van der Waals surface area contributed by atoms with Gasteiger partial charge in [0.05, 0.1) is 12.6 Å². The standard InChI is InChI=1S/C19H15NO2/c1-22-17-8-4-7-14-15(11-20-19(14)17)18-13-6-3-2-5-12(13)9-10-16(18)21/h2-11,20-21H,1H3. The maximum atomic E-state index is 10.4. The Morgan fingerprint density at radius 1 is 0.909 bits per heavy atom. The highest BCUT2D eigenvalue weighted by molar-refractivity contribution is 6.08. The molecule has 4 aromatic rings. The maximum Gasteiger partial charge on any atom is 0.142 e. The molecule has 0 atom stereocenters. The largest absolute Gasteiger partial charge is 0.507 e. The molecule has 3 nitrogen and oxygen atoms in total. The van der Waals surface area contributed by atoms with Crippen molar-refractivity contribution in [2.45, 2.75) is 0 Å². The number of aromatic amines is 1. The fourth-order valence-electron chi connectivity index (χ4n) is 3.05. The SMILES string of the molecule is COc1cccc2c(-c3c(O)ccc4ccccc34)c[nH]c12. The van der Waals surface area contributed by atoms with Crippen LogP contribution in [0.5, 0.6) is 11.5 Å². The highest BCUT2D eigenvalue weighted by Gasteiger charge is 2.15. The fraction of sp³-hybridized carbons (Fsp3) is 0.0526. The van der Waals surface area contributed by atoms with Gasteiger partial charge in [-0.1, -0.05) is 42.5 Å². The summed E-state index contributed by atoms with van der Waals surface area (Å²) in [4.78, 5) is 3.26. The number of benzene rings is 3. The minimum Gasteiger partial charge on any atom is -0.507 e. The van der Waals surface area contributed by atoms with Crippen molar-refractivity contribution in [3.63, 3.8) is 0 Å². The number of nitrogens with one attached hydrogen (secondary N) is 1. The van der Waals surface area contributed by atoms with Gasteiger partial charge in [0.2, 0.25) is 0 Å². The molecule has 1 aromatic heterocycles. The van der Waals surface area contributed by atoms with Gasteiger partial charge in [-0.15, -0.1) is 0 Å². The molecule has 0 saturated carbocycles. The Morgan fingerprint density at radius 2 is 1.73 bits per heavy atom. The van der Waals surface area contributed by atoms with Crippen LogP contribution < -0.4 is 4.74 Å². The Bertz CT molecular complexity index is 985. The quantitative estimate of drug-likeness (QED) is 0.561. The van der Waals surface area contributed by atoms with Crippen molar-refractivity contribution in [1.29, 1.82) is 0 Å². The lowest BCUT2D eigenvalue weighted by molar-refractivity contribution is 0.419. The molecule has 3 heteroatoms. The van der Waals surface area contributed by atoms with Gasteiger partial charge in [0.1, 0.15) is 11.5 Å². The van der Waals surface area contributed by atoms with Gasteiger partial charge in [-0.3, -0.25) is 0 Å². The molecule has 4 rings (SSSR count). The van der Waals surface area contributed by atoms with Crippen LogP contribution in [0.2, 0.25) is 0 Å². The Morgan fingerprint density at radius 3 is 2.59 bits per heavy atom. The number of methoxy groups -OCH3 is 1. The molecule has 108 valence electrons. The first-order chi connectivity index (χ1) is 10.8. The molecule has 2 N–H and O–H groups in total. The molecule has 0 amide bonds. The summed E-state index contributed by atoms with van der Waals surface area (Å²) in [7, 11) is 1.66. The fourth-order valence-corrected chi connectivity index (χ4v) is 3.05. The van der Waals surface area contributed by atoms with Crippen molar-refractivity contribution in [3.8, 4) is 22.6 Å². The van der Waals surface area contributed by atoms with Gasteiger partial charge in [0, 0.05) is 22.7 Å². The van der Waals surface area contributed by atoms with Crippen LogP contribution >= 0.6 is 0 Å². The summed E-state index contributed by atoms with van der Waals surface area (Å²) >= 11 is 0. The average Bonchev–Trinajstić information content (AvgIpc) is 2.98. The zero-order valence-electron chi connectivity index (χ0n) is 12.1. The van der Waals surface area contributed by atoms with Crippen LogP contribution in [0.1, 0.15) is 0 Å². The van der Waals surface area contributed by atoms with Crippen LogP contribution in [-0.4, -0.2) is 17.2 Å². The molecule has 0 unspecified atom stereocenters. The number of phenols is 1. The molecule has 0 fully saturated rings. The number of hydrogen-bond acceptors (Lipinski definition) is 2. The van der Waals surface area contributed by atoms with E-state index in [1.807, 2.05) is 54.7 Å².